The van der Waals surface area contributed by atoms with Crippen LogP contribution in [0.5, 0.6) is 11.5 Å². The van der Waals surface area contributed by atoms with Gasteiger partial charge >= 0.3 is 13.2 Å². The number of fused-ring (bicyclic) bond motifs is 1. The highest BCUT2D eigenvalue weighted by atomic mass is 19.5. The predicted octanol–water partition coefficient (Wildman–Crippen LogP) is 4.52. The van der Waals surface area contributed by atoms with Crippen molar-refractivity contribution in [2.45, 2.75) is 0 Å². The maximum absolute atomic E-state index is 11.7. The fourth-order valence-corrected chi connectivity index (χ4v) is 3.33. The normalized spacial score (nSPS) is 11.5. The van der Waals surface area contributed by atoms with Gasteiger partial charge in [-0.1, -0.05) is 12.1 Å². The van der Waals surface area contributed by atoms with Gasteiger partial charge in [-0.25, -0.2) is 9.79 Å². The lowest BCUT2D eigenvalue weighted by atomic mass is 10.1. The zero-order chi connectivity index (χ0) is 26.3. The first-order valence-corrected chi connectivity index (χ1v) is 10.5. The lowest BCUT2D eigenvalue weighted by Gasteiger charge is -2.09. The molecule has 1 N–H and O–H groups in total. The van der Waals surface area contributed by atoms with Crippen LogP contribution in [0.3, 0.4) is 0 Å². The van der Waals surface area contributed by atoms with Crippen molar-refractivity contribution >= 4 is 29.9 Å². The number of para-hydroxylation sites is 1. The summed E-state index contributed by atoms with van der Waals surface area (Å²) in [6.07, 6.45) is 0. The first kappa shape index (κ1) is 26.3. The van der Waals surface area contributed by atoms with Gasteiger partial charge in [0.1, 0.15) is 11.3 Å². The van der Waals surface area contributed by atoms with Crippen molar-refractivity contribution in [3.63, 3.8) is 0 Å². The Kier molecular flexibility index (Phi) is 8.36. The van der Waals surface area contributed by atoms with Gasteiger partial charge in [-0.05, 0) is 42.5 Å². The summed E-state index contributed by atoms with van der Waals surface area (Å²) in [5.41, 5.74) is 2.92. The largest absolute Gasteiger partial charge is 0.673 e. The zero-order valence-electron chi connectivity index (χ0n) is 19.6. The lowest BCUT2D eigenvalue weighted by molar-refractivity contribution is -0.400. The Bertz CT molecular complexity index is 1410. The van der Waals surface area contributed by atoms with Gasteiger partial charge in [-0.15, -0.1) is 0 Å². The summed E-state index contributed by atoms with van der Waals surface area (Å²) < 4.78 is 60.7. The van der Waals surface area contributed by atoms with Crippen LogP contribution in [-0.4, -0.2) is 34.6 Å². The van der Waals surface area contributed by atoms with E-state index in [4.69, 9.17) is 18.6 Å². The second kappa shape index (κ2) is 11.4. The summed E-state index contributed by atoms with van der Waals surface area (Å²) in [6, 6.07) is 22.5. The highest BCUT2D eigenvalue weighted by Crippen LogP contribution is 2.32. The van der Waals surface area contributed by atoms with Gasteiger partial charge in [0.15, 0.2) is 11.5 Å². The minimum atomic E-state index is -6.00. The number of methoxy groups -OCH3 is 3. The van der Waals surface area contributed by atoms with Crippen LogP contribution in [-0.2, 0) is 4.74 Å². The molecular weight excluding hydrogens is 481 g/mol. The molecule has 11 heteroatoms. The maximum atomic E-state index is 11.7. The van der Waals surface area contributed by atoms with Crippen molar-refractivity contribution in [1.82, 2.24) is 0 Å². The van der Waals surface area contributed by atoms with Crippen molar-refractivity contribution in [3.8, 4) is 22.8 Å². The highest BCUT2D eigenvalue weighted by Gasteiger charge is 2.20. The molecule has 0 spiro atoms. The molecule has 3 aromatic carbocycles. The Morgan fingerprint density at radius 2 is 1.47 bits per heavy atom. The molecule has 36 heavy (non-hydrogen) atoms. The van der Waals surface area contributed by atoms with E-state index in [0.29, 0.717) is 22.8 Å². The number of benzene rings is 3. The van der Waals surface area contributed by atoms with Crippen molar-refractivity contribution in [2.75, 3.05) is 21.3 Å². The van der Waals surface area contributed by atoms with Crippen molar-refractivity contribution < 1.29 is 45.7 Å². The molecule has 0 atom stereocenters. The van der Waals surface area contributed by atoms with E-state index in [2.05, 4.69) is 4.99 Å². The summed E-state index contributed by atoms with van der Waals surface area (Å²) in [5.74, 6) is 1.58. The minimum Gasteiger partial charge on any atom is -0.493 e. The molecule has 0 aliphatic carbocycles. The number of carbonyl (C=O) groups excluding carboxylic acids is 1. The van der Waals surface area contributed by atoms with E-state index in [9.17, 15) is 22.1 Å². The van der Waals surface area contributed by atoms with Gasteiger partial charge in [-0.3, -0.25) is 0 Å². The molecule has 0 amide bonds. The van der Waals surface area contributed by atoms with E-state index in [0.717, 1.165) is 27.6 Å². The molecule has 0 bridgehead atoms. The van der Waals surface area contributed by atoms with Crippen LogP contribution in [0.1, 0.15) is 10.4 Å². The molecule has 0 saturated heterocycles. The van der Waals surface area contributed by atoms with E-state index in [1.54, 1.807) is 26.4 Å². The number of ether oxygens (including phenoxy) is 3. The SMILES string of the molecule is COC(=O)c1ccc([NH+]=c2cc(-c3ccc(OC)c(OC)c3)oc3ccccc23)cc1.F[B-](F)(F)F. The predicted molar refractivity (Wildman–Crippen MR) is 126 cm³/mol. The van der Waals surface area contributed by atoms with E-state index in [1.165, 1.54) is 7.11 Å². The van der Waals surface area contributed by atoms with Crippen LogP contribution in [0.15, 0.2) is 77.2 Å². The van der Waals surface area contributed by atoms with Gasteiger partial charge in [0.05, 0.1) is 38.3 Å². The standard InChI is InChI=1S/C25H21NO5.BF4/c1-28-22-13-10-17(14-24(22)29-2)23-15-20(19-6-4-5-7-21(19)31-23)26-18-11-8-16(9-12-18)25(27)30-3;2-1(3,4)5/h4-15H,1-3H3;/q;-1/p+1. The van der Waals surface area contributed by atoms with Crippen molar-refractivity contribution in [2.24, 2.45) is 0 Å². The molecule has 4 rings (SSSR count). The molecule has 0 aliphatic heterocycles. The summed E-state index contributed by atoms with van der Waals surface area (Å²) in [7, 11) is -1.43. The summed E-state index contributed by atoms with van der Waals surface area (Å²) in [6.45, 7) is 0. The van der Waals surface area contributed by atoms with E-state index in [1.807, 2.05) is 60.7 Å². The number of hydrogen-bond donors (Lipinski definition) is 1. The third-order valence-corrected chi connectivity index (χ3v) is 4.93. The zero-order valence-corrected chi connectivity index (χ0v) is 19.6. The molecule has 0 saturated carbocycles. The van der Waals surface area contributed by atoms with Gasteiger partial charge in [0.25, 0.3) is 0 Å². The lowest BCUT2D eigenvalue weighted by Crippen LogP contribution is -2.70. The summed E-state index contributed by atoms with van der Waals surface area (Å²) >= 11 is 0. The Morgan fingerprint density at radius 3 is 2.08 bits per heavy atom. The molecule has 1 heterocycles. The Labute approximate surface area is 203 Å². The Balaban J connectivity index is 0.000000658. The fraction of sp³-hybridized carbons (Fsp3) is 0.120. The van der Waals surface area contributed by atoms with E-state index >= 15 is 0 Å². The molecule has 188 valence electrons. The van der Waals surface area contributed by atoms with Gasteiger partial charge in [0, 0.05) is 17.7 Å². The smallest absolute Gasteiger partial charge is 0.493 e. The second-order valence-corrected chi connectivity index (χ2v) is 7.28. The number of carbonyl (C=O) groups is 1. The van der Waals surface area contributed by atoms with Crippen LogP contribution >= 0.6 is 0 Å². The number of rotatable bonds is 5. The van der Waals surface area contributed by atoms with Gasteiger partial charge < -0.3 is 35.9 Å². The molecule has 0 fully saturated rings. The molecule has 1 aromatic heterocycles. The molecule has 4 aromatic rings. The Morgan fingerprint density at radius 1 is 0.833 bits per heavy atom. The quantitative estimate of drug-likeness (QED) is 0.247. The summed E-state index contributed by atoms with van der Waals surface area (Å²) in [4.78, 5) is 15.1. The second-order valence-electron chi connectivity index (χ2n) is 7.28. The topological polar surface area (TPSA) is 71.9 Å². The highest BCUT2D eigenvalue weighted by molar-refractivity contribution is 6.50. The fourth-order valence-electron chi connectivity index (χ4n) is 3.33. The van der Waals surface area contributed by atoms with Crippen LogP contribution in [0.2, 0.25) is 0 Å². The maximum Gasteiger partial charge on any atom is 0.673 e. The molecular formula is C25H22BF4NO5. The number of halogens is 4. The number of hydrogen-bond acceptors (Lipinski definition) is 5. The molecule has 0 radical (unpaired) electrons. The van der Waals surface area contributed by atoms with Crippen LogP contribution in [0.4, 0.5) is 23.0 Å². The van der Waals surface area contributed by atoms with Crippen LogP contribution in [0, 0.1) is 0 Å². The van der Waals surface area contributed by atoms with Crippen molar-refractivity contribution in [1.29, 1.82) is 0 Å². The average Bonchev–Trinajstić information content (AvgIpc) is 2.87. The molecule has 0 aliphatic rings. The van der Waals surface area contributed by atoms with Crippen molar-refractivity contribution in [3.05, 3.63) is 83.7 Å². The van der Waals surface area contributed by atoms with Gasteiger partial charge in [-0.2, -0.15) is 0 Å². The first-order chi connectivity index (χ1) is 17.1. The van der Waals surface area contributed by atoms with E-state index < -0.39 is 7.25 Å². The van der Waals surface area contributed by atoms with Gasteiger partial charge in [0.2, 0.25) is 11.0 Å². The van der Waals surface area contributed by atoms with Crippen LogP contribution in [0.25, 0.3) is 22.3 Å². The average molecular weight is 503 g/mol. The third kappa shape index (κ3) is 6.88. The Hall–Kier alpha value is -4.28. The molecule has 0 unspecified atom stereocenters. The van der Waals surface area contributed by atoms with Crippen LogP contribution < -0.4 is 19.8 Å². The third-order valence-electron chi connectivity index (χ3n) is 4.93. The monoisotopic (exact) mass is 503 g/mol. The number of nitrogens with one attached hydrogen (secondary N) is 1. The minimum absolute atomic E-state index is 0.369. The molecule has 6 nitrogen and oxygen atoms in total. The first-order valence-electron chi connectivity index (χ1n) is 10.5. The summed E-state index contributed by atoms with van der Waals surface area (Å²) in [5, 5.41) is 1.81. The van der Waals surface area contributed by atoms with E-state index in [-0.39, 0.29) is 5.97 Å². The number of esters is 1.